The van der Waals surface area contributed by atoms with Gasteiger partial charge in [0.05, 0.1) is 7.11 Å². The van der Waals surface area contributed by atoms with Gasteiger partial charge in [0.1, 0.15) is 42.0 Å². The molecule has 3 heterocycles. The number of likely N-dealkylation sites (N-methyl/N-ethyl adjacent to an activating group) is 3. The number of nitrogens with one attached hydrogen (secondary N) is 3. The first-order chi connectivity index (χ1) is 27.1. The minimum absolute atomic E-state index is 0.0135. The lowest BCUT2D eigenvalue weighted by Gasteiger charge is -2.36. The van der Waals surface area contributed by atoms with E-state index in [0.717, 1.165) is 24.0 Å². The van der Waals surface area contributed by atoms with Crippen LogP contribution in [0.15, 0.2) is 66.7 Å². The second kappa shape index (κ2) is 18.4. The Morgan fingerprint density at radius 1 is 0.632 bits per heavy atom. The lowest BCUT2D eigenvalue weighted by atomic mass is 9.98. The van der Waals surface area contributed by atoms with Crippen molar-refractivity contribution in [2.45, 2.75) is 96.1 Å². The fourth-order valence-corrected chi connectivity index (χ4v) is 7.20. The van der Waals surface area contributed by atoms with Crippen molar-refractivity contribution in [3.05, 3.63) is 89.0 Å². The molecule has 3 N–H and O–H groups in total. The molecule has 14 heteroatoms. The topological polar surface area (TPSA) is 167 Å². The number of nitrogens with zero attached hydrogens (tertiary/aromatic N) is 3. The first-order valence-electron chi connectivity index (χ1n) is 19.3. The molecule has 304 valence electrons. The van der Waals surface area contributed by atoms with Gasteiger partial charge in [-0.05, 0) is 73.7 Å². The van der Waals surface area contributed by atoms with Gasteiger partial charge in [-0.2, -0.15) is 0 Å². The Balaban J connectivity index is 1.56. The maximum atomic E-state index is 14.7. The molecule has 57 heavy (non-hydrogen) atoms. The van der Waals surface area contributed by atoms with Gasteiger partial charge >= 0.3 is 0 Å². The SMILES string of the molecule is CCCc1ccc(C[C@H]2C(=O)N[C@@H](C)C(=O)N(C)[C@H]3Cc4ccc(cc4)Oc4cc(ccc4OC)C[C@@H](C(=O)N[C@H](C)C(=O)N[C@@H](C)C(=O)N2C)N(C)C3=O)cc1. The number of fused-ring (bicyclic) bond motifs is 2. The van der Waals surface area contributed by atoms with Crippen molar-refractivity contribution in [2.75, 3.05) is 28.3 Å². The van der Waals surface area contributed by atoms with Crippen LogP contribution in [0.5, 0.6) is 17.2 Å². The second-order valence-corrected chi connectivity index (χ2v) is 15.0. The molecule has 0 spiro atoms. The normalized spacial score (nSPS) is 24.2. The van der Waals surface area contributed by atoms with Gasteiger partial charge in [0.2, 0.25) is 35.4 Å². The number of hydrogen-bond acceptors (Lipinski definition) is 8. The summed E-state index contributed by atoms with van der Waals surface area (Å²) in [5, 5.41) is 8.21. The van der Waals surface area contributed by atoms with Crippen molar-refractivity contribution >= 4 is 35.4 Å². The van der Waals surface area contributed by atoms with Crippen LogP contribution in [0.4, 0.5) is 0 Å². The first-order valence-corrected chi connectivity index (χ1v) is 19.3. The van der Waals surface area contributed by atoms with Gasteiger partial charge in [0, 0.05) is 40.4 Å². The fourth-order valence-electron chi connectivity index (χ4n) is 7.20. The molecule has 6 atom stereocenters. The highest BCUT2D eigenvalue weighted by atomic mass is 16.5. The number of aryl methyl sites for hydroxylation is 1. The quantitative estimate of drug-likeness (QED) is 0.356. The summed E-state index contributed by atoms with van der Waals surface area (Å²) >= 11 is 0. The second-order valence-electron chi connectivity index (χ2n) is 15.0. The average Bonchev–Trinajstić information content (AvgIpc) is 3.19. The van der Waals surface area contributed by atoms with Crippen LogP contribution in [0.25, 0.3) is 0 Å². The third-order valence-electron chi connectivity index (χ3n) is 10.8. The summed E-state index contributed by atoms with van der Waals surface area (Å²) in [4.78, 5) is 88.5. The van der Waals surface area contributed by atoms with E-state index in [4.69, 9.17) is 9.47 Å². The van der Waals surface area contributed by atoms with E-state index in [-0.39, 0.29) is 19.3 Å². The van der Waals surface area contributed by atoms with Gasteiger partial charge in [-0.3, -0.25) is 28.8 Å². The minimum atomic E-state index is -1.15. The van der Waals surface area contributed by atoms with Crippen molar-refractivity contribution in [1.29, 1.82) is 0 Å². The predicted molar refractivity (Wildman–Crippen MR) is 214 cm³/mol. The van der Waals surface area contributed by atoms with E-state index in [9.17, 15) is 28.8 Å². The summed E-state index contributed by atoms with van der Waals surface area (Å²) in [6.45, 7) is 6.60. The van der Waals surface area contributed by atoms with Crippen LogP contribution in [0.1, 0.15) is 56.4 Å². The van der Waals surface area contributed by atoms with E-state index < -0.39 is 71.7 Å². The van der Waals surface area contributed by atoms with Gasteiger partial charge in [-0.1, -0.05) is 55.8 Å². The molecule has 1 fully saturated rings. The fraction of sp³-hybridized carbons (Fsp3) is 0.442. The minimum Gasteiger partial charge on any atom is -0.493 e. The summed E-state index contributed by atoms with van der Waals surface area (Å²) in [6, 6.07) is 13.4. The van der Waals surface area contributed by atoms with E-state index >= 15 is 0 Å². The molecule has 14 nitrogen and oxygen atoms in total. The Labute approximate surface area is 334 Å². The van der Waals surface area contributed by atoms with Gasteiger partial charge in [0.25, 0.3) is 0 Å². The monoisotopic (exact) mass is 782 g/mol. The van der Waals surface area contributed by atoms with Crippen molar-refractivity contribution in [1.82, 2.24) is 30.7 Å². The molecule has 3 aromatic carbocycles. The number of ether oxygens (including phenoxy) is 2. The molecule has 0 radical (unpaired) electrons. The number of rotatable bonds is 5. The molecule has 0 aromatic heterocycles. The number of methoxy groups -OCH3 is 1. The Hall–Kier alpha value is -5.92. The van der Waals surface area contributed by atoms with E-state index in [2.05, 4.69) is 22.9 Å². The van der Waals surface area contributed by atoms with Crippen LogP contribution in [-0.2, 0) is 54.5 Å². The lowest BCUT2D eigenvalue weighted by molar-refractivity contribution is -0.149. The maximum Gasteiger partial charge on any atom is 0.246 e. The van der Waals surface area contributed by atoms with Crippen LogP contribution >= 0.6 is 0 Å². The molecule has 3 aromatic rings. The first kappa shape index (κ1) is 42.2. The molecular weight excluding hydrogens is 729 g/mol. The highest BCUT2D eigenvalue weighted by Gasteiger charge is 2.39. The maximum absolute atomic E-state index is 14.7. The zero-order valence-corrected chi connectivity index (χ0v) is 34.0. The molecule has 6 rings (SSSR count). The molecule has 1 saturated heterocycles. The van der Waals surface area contributed by atoms with Crippen molar-refractivity contribution in [3.8, 4) is 17.2 Å². The van der Waals surface area contributed by atoms with Gasteiger partial charge in [0.15, 0.2) is 11.5 Å². The van der Waals surface area contributed by atoms with E-state index in [1.807, 2.05) is 24.3 Å². The predicted octanol–water partition coefficient (Wildman–Crippen LogP) is 2.79. The largest absolute Gasteiger partial charge is 0.493 e. The number of hydrogen-bond donors (Lipinski definition) is 3. The number of amides is 6. The lowest BCUT2D eigenvalue weighted by Crippen LogP contribution is -2.61. The Morgan fingerprint density at radius 2 is 1.18 bits per heavy atom. The van der Waals surface area contributed by atoms with Gasteiger partial charge in [-0.15, -0.1) is 0 Å². The zero-order valence-electron chi connectivity index (χ0n) is 34.0. The van der Waals surface area contributed by atoms with Crippen LogP contribution in [0, 0.1) is 0 Å². The Kier molecular flexibility index (Phi) is 13.6. The number of carbonyl (C=O) groups is 6. The van der Waals surface area contributed by atoms with Crippen molar-refractivity contribution in [3.63, 3.8) is 0 Å². The Bertz CT molecular complexity index is 1970. The summed E-state index contributed by atoms with van der Waals surface area (Å²) < 4.78 is 11.7. The molecule has 0 aliphatic carbocycles. The van der Waals surface area contributed by atoms with Crippen LogP contribution in [-0.4, -0.2) is 115 Å². The third-order valence-corrected chi connectivity index (χ3v) is 10.8. The molecule has 6 amide bonds. The van der Waals surface area contributed by atoms with E-state index in [1.54, 1.807) is 42.5 Å². The van der Waals surface area contributed by atoms with Crippen molar-refractivity contribution in [2.24, 2.45) is 0 Å². The number of benzene rings is 3. The average molecular weight is 783 g/mol. The smallest absolute Gasteiger partial charge is 0.246 e. The van der Waals surface area contributed by atoms with Crippen molar-refractivity contribution < 1.29 is 38.2 Å². The molecule has 3 aliphatic heterocycles. The summed E-state index contributed by atoms with van der Waals surface area (Å²) in [5.41, 5.74) is 3.27. The van der Waals surface area contributed by atoms with Gasteiger partial charge in [-0.25, -0.2) is 0 Å². The van der Waals surface area contributed by atoms with Crippen LogP contribution in [0.2, 0.25) is 0 Å². The van der Waals surface area contributed by atoms with Crippen LogP contribution < -0.4 is 25.4 Å². The summed E-state index contributed by atoms with van der Waals surface area (Å²) in [7, 11) is 5.97. The highest BCUT2D eigenvalue weighted by Crippen LogP contribution is 2.34. The third kappa shape index (κ3) is 9.91. The Morgan fingerprint density at radius 3 is 1.81 bits per heavy atom. The standard InChI is InChI=1S/C43H54N6O8/c1-9-10-28-11-13-29(14-12-28)21-33-40(52)46-27(4)42(54)49(7)35-22-30-15-18-32(19-16-30)57-37-24-31(17-20-36(37)56-8)23-34(48(6)43(35)55)39(51)44-25(2)38(50)45-26(3)41(53)47(33)5/h11-20,24-27,33-35H,9-10,21-23H2,1-8H3,(H,44,51)(H,45,50)(H,46,52)/t25-,26+,27+,33+,34+,35+/m1/s1. The van der Waals surface area contributed by atoms with E-state index in [0.29, 0.717) is 28.4 Å². The van der Waals surface area contributed by atoms with Gasteiger partial charge < -0.3 is 40.1 Å². The van der Waals surface area contributed by atoms with Crippen LogP contribution in [0.3, 0.4) is 0 Å². The van der Waals surface area contributed by atoms with E-state index in [1.165, 1.54) is 63.7 Å². The summed E-state index contributed by atoms with van der Waals surface area (Å²) in [6.07, 6.45) is 2.09. The number of carbonyl (C=O) groups excluding carboxylic acids is 6. The molecule has 6 bridgehead atoms. The molecule has 0 unspecified atom stereocenters. The highest BCUT2D eigenvalue weighted by molar-refractivity contribution is 5.98. The molecular formula is C43H54N6O8. The molecule has 0 saturated carbocycles. The molecule has 3 aliphatic rings. The summed E-state index contributed by atoms with van der Waals surface area (Å²) in [5.74, 6) is -2.11. The zero-order chi connectivity index (χ0) is 41.6.